The Morgan fingerprint density at radius 2 is 1.16 bits per heavy atom. The van der Waals surface area contributed by atoms with Gasteiger partial charge in [0.05, 0.1) is 12.7 Å². The molecule has 0 spiro atoms. The molecule has 0 saturated carbocycles. The summed E-state index contributed by atoms with van der Waals surface area (Å²) in [6.45, 7) is 3.42. The van der Waals surface area contributed by atoms with Crippen LogP contribution in [0.1, 0.15) is 162 Å². The lowest BCUT2D eigenvalue weighted by Gasteiger charge is -2.18. The Kier molecular flexibility index (Phi) is 33.0. The Balaban J connectivity index is 4.05. The van der Waals surface area contributed by atoms with E-state index in [1.54, 1.807) is 6.08 Å². The van der Waals surface area contributed by atoms with Crippen LogP contribution in [-0.4, -0.2) is 52.3 Å². The van der Waals surface area contributed by atoms with E-state index in [0.29, 0.717) is 19.3 Å². The summed E-state index contributed by atoms with van der Waals surface area (Å²) in [7, 11) is -4.77. The number of esters is 2. The fourth-order valence-electron chi connectivity index (χ4n) is 5.05. The normalized spacial score (nSPS) is 13.7. The summed E-state index contributed by atoms with van der Waals surface area (Å²) in [6.07, 6.45) is 37.3. The molecule has 0 aromatic carbocycles. The van der Waals surface area contributed by atoms with Crippen molar-refractivity contribution in [2.45, 2.75) is 174 Å². The number of aliphatic hydroxyl groups excluding tert-OH is 1. The van der Waals surface area contributed by atoms with Crippen molar-refractivity contribution in [3.8, 4) is 0 Å². The van der Waals surface area contributed by atoms with Gasteiger partial charge in [-0.15, -0.1) is 0 Å². The number of unbranched alkanes of at least 4 members (excludes halogenated alkanes) is 16. The molecule has 0 aliphatic heterocycles. The highest BCUT2D eigenvalue weighted by atomic mass is 31.2. The van der Waals surface area contributed by atoms with Gasteiger partial charge in [0.15, 0.2) is 6.10 Å². The monoisotopic (exact) mass is 712 g/mol. The minimum Gasteiger partial charge on any atom is -0.462 e. The Bertz CT molecular complexity index is 954. The first-order valence-electron chi connectivity index (χ1n) is 19.0. The van der Waals surface area contributed by atoms with Crippen LogP contribution in [0, 0.1) is 0 Å². The summed E-state index contributed by atoms with van der Waals surface area (Å²) in [6, 6.07) is 0. The number of allylic oxidation sites excluding steroid dienone is 6. The molecule has 1 unspecified atom stereocenters. The standard InChI is InChI=1S/C39H69O9P/c1-3-5-7-8-9-10-11-12-13-14-15-18-21-24-28-32-38(41)46-34-37(35-47-49(43,44)45)48-39(42)33-29-25-22-19-16-17-20-23-27-31-36(40)30-26-6-4-2/h6,10-11,20,23,26-27,31,36-37,40H,3-5,7-9,12-19,21-22,24-25,28-30,32-35H2,1-2H3,(H2,43,44,45)/b11-10-,23-20+,26-6+,31-27+/t36?,37-/m1/s1. The summed E-state index contributed by atoms with van der Waals surface area (Å²) in [5, 5.41) is 9.83. The Labute approximate surface area is 297 Å². The number of phosphoric acid groups is 1. The second kappa shape index (κ2) is 34.4. The molecule has 3 N–H and O–H groups in total. The van der Waals surface area contributed by atoms with Crippen molar-refractivity contribution in [3.63, 3.8) is 0 Å². The minimum absolute atomic E-state index is 0.163. The molecular weight excluding hydrogens is 643 g/mol. The molecular formula is C39H69O9P. The molecule has 0 amide bonds. The van der Waals surface area contributed by atoms with Crippen LogP contribution < -0.4 is 0 Å². The fourth-order valence-corrected chi connectivity index (χ4v) is 5.41. The zero-order valence-electron chi connectivity index (χ0n) is 30.7. The molecule has 0 bridgehead atoms. The van der Waals surface area contributed by atoms with E-state index in [1.807, 2.05) is 24.3 Å². The van der Waals surface area contributed by atoms with Crippen molar-refractivity contribution in [2.75, 3.05) is 13.2 Å². The van der Waals surface area contributed by atoms with Gasteiger partial charge in [-0.2, -0.15) is 0 Å². The van der Waals surface area contributed by atoms with Crippen LogP contribution in [0.4, 0.5) is 0 Å². The lowest BCUT2D eigenvalue weighted by atomic mass is 10.1. The summed E-state index contributed by atoms with van der Waals surface area (Å²) in [5.74, 6) is -0.946. The van der Waals surface area contributed by atoms with Gasteiger partial charge in [0.1, 0.15) is 6.61 Å². The van der Waals surface area contributed by atoms with Gasteiger partial charge in [0.2, 0.25) is 0 Å². The van der Waals surface area contributed by atoms with Crippen molar-refractivity contribution in [1.82, 2.24) is 0 Å². The van der Waals surface area contributed by atoms with E-state index in [2.05, 4.69) is 36.6 Å². The lowest BCUT2D eigenvalue weighted by Crippen LogP contribution is -2.29. The third kappa shape index (κ3) is 37.1. The molecule has 0 heterocycles. The van der Waals surface area contributed by atoms with Crippen molar-refractivity contribution in [2.24, 2.45) is 0 Å². The molecule has 284 valence electrons. The molecule has 0 aromatic rings. The largest absolute Gasteiger partial charge is 0.469 e. The van der Waals surface area contributed by atoms with Gasteiger partial charge >= 0.3 is 19.8 Å². The minimum atomic E-state index is -4.77. The third-order valence-corrected chi connectivity index (χ3v) is 8.40. The first kappa shape index (κ1) is 47.0. The summed E-state index contributed by atoms with van der Waals surface area (Å²) < 4.78 is 26.3. The lowest BCUT2D eigenvalue weighted by molar-refractivity contribution is -0.161. The van der Waals surface area contributed by atoms with E-state index >= 15 is 0 Å². The maximum atomic E-state index is 12.4. The smallest absolute Gasteiger partial charge is 0.462 e. The molecule has 10 heteroatoms. The van der Waals surface area contributed by atoms with Crippen molar-refractivity contribution < 1.29 is 43.0 Å². The van der Waals surface area contributed by atoms with Gasteiger partial charge < -0.3 is 24.4 Å². The van der Waals surface area contributed by atoms with Crippen LogP contribution in [0.3, 0.4) is 0 Å². The zero-order valence-corrected chi connectivity index (χ0v) is 31.6. The van der Waals surface area contributed by atoms with Crippen LogP contribution in [0.25, 0.3) is 0 Å². The first-order valence-corrected chi connectivity index (χ1v) is 20.6. The van der Waals surface area contributed by atoms with Crippen LogP contribution in [0.5, 0.6) is 0 Å². The van der Waals surface area contributed by atoms with Crippen LogP contribution in [0.2, 0.25) is 0 Å². The molecule has 0 fully saturated rings. The Morgan fingerprint density at radius 1 is 0.633 bits per heavy atom. The maximum Gasteiger partial charge on any atom is 0.469 e. The average Bonchev–Trinajstić information content (AvgIpc) is 3.06. The molecule has 49 heavy (non-hydrogen) atoms. The van der Waals surface area contributed by atoms with Crippen molar-refractivity contribution in [1.29, 1.82) is 0 Å². The van der Waals surface area contributed by atoms with Crippen molar-refractivity contribution in [3.05, 3.63) is 48.6 Å². The molecule has 0 aliphatic carbocycles. The molecule has 0 aliphatic rings. The molecule has 0 saturated heterocycles. The van der Waals surface area contributed by atoms with E-state index < -0.39 is 38.6 Å². The van der Waals surface area contributed by atoms with Gasteiger partial charge in [-0.3, -0.25) is 14.1 Å². The summed E-state index contributed by atoms with van der Waals surface area (Å²) >= 11 is 0. The quantitative estimate of drug-likeness (QED) is 0.0195. The number of hydrogen-bond donors (Lipinski definition) is 3. The van der Waals surface area contributed by atoms with E-state index in [4.69, 9.17) is 19.3 Å². The molecule has 0 aromatic heterocycles. The maximum absolute atomic E-state index is 12.4. The van der Waals surface area contributed by atoms with E-state index in [9.17, 15) is 19.3 Å². The zero-order chi connectivity index (χ0) is 36.3. The SMILES string of the molecule is CC/C=C/CC(O)/C=C/C=C/CCCCCCCC(=O)O[C@H](COC(=O)CCCCCCCCC/C=C\CCCCCC)COP(=O)(O)O. The molecule has 2 atom stereocenters. The van der Waals surface area contributed by atoms with Gasteiger partial charge in [-0.25, -0.2) is 4.57 Å². The molecule has 0 radical (unpaired) electrons. The molecule has 9 nitrogen and oxygen atoms in total. The number of carbonyl (C=O) groups is 2. The van der Waals surface area contributed by atoms with E-state index in [0.717, 1.165) is 64.2 Å². The van der Waals surface area contributed by atoms with E-state index in [-0.39, 0.29) is 19.4 Å². The van der Waals surface area contributed by atoms with Gasteiger partial charge in [-0.05, 0) is 64.2 Å². The van der Waals surface area contributed by atoms with Gasteiger partial charge in [0, 0.05) is 12.8 Å². The predicted octanol–water partition coefficient (Wildman–Crippen LogP) is 10.1. The Morgan fingerprint density at radius 3 is 1.73 bits per heavy atom. The number of rotatable bonds is 34. The number of carbonyl (C=O) groups excluding carboxylic acids is 2. The highest BCUT2D eigenvalue weighted by Crippen LogP contribution is 2.36. The number of aliphatic hydroxyl groups is 1. The average molecular weight is 713 g/mol. The number of ether oxygens (including phenoxy) is 2. The fraction of sp³-hybridized carbons (Fsp3) is 0.744. The summed E-state index contributed by atoms with van der Waals surface area (Å²) in [5.41, 5.74) is 0. The predicted molar refractivity (Wildman–Crippen MR) is 199 cm³/mol. The first-order chi connectivity index (χ1) is 23.7. The Hall–Kier alpha value is -2.03. The van der Waals surface area contributed by atoms with Crippen LogP contribution in [0.15, 0.2) is 48.6 Å². The topological polar surface area (TPSA) is 140 Å². The highest BCUT2D eigenvalue weighted by Gasteiger charge is 2.22. The number of hydrogen-bond acceptors (Lipinski definition) is 7. The van der Waals surface area contributed by atoms with Crippen molar-refractivity contribution >= 4 is 19.8 Å². The molecule has 0 rings (SSSR count). The van der Waals surface area contributed by atoms with E-state index in [1.165, 1.54) is 51.4 Å². The van der Waals surface area contributed by atoms with Gasteiger partial charge in [0.25, 0.3) is 0 Å². The highest BCUT2D eigenvalue weighted by molar-refractivity contribution is 7.46. The second-order valence-corrected chi connectivity index (χ2v) is 14.0. The second-order valence-electron chi connectivity index (χ2n) is 12.7. The third-order valence-electron chi connectivity index (χ3n) is 7.91. The number of phosphoric ester groups is 1. The van der Waals surface area contributed by atoms with Gasteiger partial charge in [-0.1, -0.05) is 133 Å². The summed E-state index contributed by atoms with van der Waals surface area (Å²) in [4.78, 5) is 42.7. The van der Waals surface area contributed by atoms with Crippen LogP contribution >= 0.6 is 7.82 Å². The van der Waals surface area contributed by atoms with Crippen LogP contribution in [-0.2, 0) is 28.2 Å².